The first kappa shape index (κ1) is 20.0. The van der Waals surface area contributed by atoms with E-state index in [1.54, 1.807) is 34.4 Å². The number of thioether (sulfide) groups is 1. The number of alkyl halides is 2. The average molecular weight is 423 g/mol. The molecule has 2 aromatic heterocycles. The van der Waals surface area contributed by atoms with Crippen LogP contribution >= 0.6 is 23.1 Å². The summed E-state index contributed by atoms with van der Waals surface area (Å²) >= 11 is 2.56. The first-order chi connectivity index (χ1) is 13.6. The third kappa shape index (κ3) is 5.14. The number of hydrogen-bond acceptors (Lipinski definition) is 7. The van der Waals surface area contributed by atoms with Gasteiger partial charge in [-0.15, -0.1) is 28.1 Å². The zero-order chi connectivity index (χ0) is 19.9. The number of anilines is 1. The van der Waals surface area contributed by atoms with Crippen molar-refractivity contribution in [2.75, 3.05) is 11.1 Å². The highest BCUT2D eigenvalue weighted by molar-refractivity contribution is 7.99. The van der Waals surface area contributed by atoms with Crippen LogP contribution in [0.3, 0.4) is 0 Å². The fourth-order valence-corrected chi connectivity index (χ4v) is 3.55. The molecule has 0 atom stereocenters. The lowest BCUT2D eigenvalue weighted by atomic mass is 10.2. The Hall–Kier alpha value is -2.79. The predicted octanol–water partition coefficient (Wildman–Crippen LogP) is 3.92. The van der Waals surface area contributed by atoms with Crippen LogP contribution in [-0.4, -0.2) is 38.0 Å². The van der Waals surface area contributed by atoms with Gasteiger partial charge >= 0.3 is 6.61 Å². The Balaban J connectivity index is 1.72. The highest BCUT2D eigenvalue weighted by Crippen LogP contribution is 2.26. The van der Waals surface area contributed by atoms with Crippen molar-refractivity contribution in [2.45, 2.75) is 18.3 Å². The number of carbonyl (C=O) groups excluding carboxylic acids is 1. The maximum atomic E-state index is 12.3. The minimum absolute atomic E-state index is 0.0574. The van der Waals surface area contributed by atoms with Crippen LogP contribution in [0.4, 0.5) is 13.9 Å². The van der Waals surface area contributed by atoms with E-state index in [2.05, 4.69) is 31.8 Å². The first-order valence-electron chi connectivity index (χ1n) is 7.98. The summed E-state index contributed by atoms with van der Waals surface area (Å²) < 4.78 is 30.7. The molecule has 0 spiro atoms. The van der Waals surface area contributed by atoms with Crippen molar-refractivity contribution in [3.05, 3.63) is 48.5 Å². The summed E-state index contributed by atoms with van der Waals surface area (Å²) in [6.07, 6.45) is 3.29. The van der Waals surface area contributed by atoms with E-state index in [9.17, 15) is 13.6 Å². The summed E-state index contributed by atoms with van der Waals surface area (Å²) in [4.78, 5) is 16.0. The Bertz CT molecular complexity index is 930. The number of nitrogens with one attached hydrogen (secondary N) is 1. The van der Waals surface area contributed by atoms with E-state index >= 15 is 0 Å². The van der Waals surface area contributed by atoms with Crippen molar-refractivity contribution < 1.29 is 18.3 Å². The van der Waals surface area contributed by atoms with Gasteiger partial charge in [0.05, 0.1) is 5.75 Å². The van der Waals surface area contributed by atoms with E-state index in [-0.39, 0.29) is 17.4 Å². The quantitative estimate of drug-likeness (QED) is 0.415. The number of thiazole rings is 1. The summed E-state index contributed by atoms with van der Waals surface area (Å²) in [5.41, 5.74) is 0.676. The smallest absolute Gasteiger partial charge is 0.387 e. The second-order valence-corrected chi connectivity index (χ2v) is 7.12. The van der Waals surface area contributed by atoms with Gasteiger partial charge in [-0.1, -0.05) is 17.8 Å². The molecule has 0 aliphatic heterocycles. The molecule has 0 saturated carbocycles. The van der Waals surface area contributed by atoms with Gasteiger partial charge in [-0.2, -0.15) is 8.78 Å². The standard InChI is InChI=1S/C17H15F2N5O2S2/c1-2-8-24-14(11-3-5-12(6-4-11)26-15(18)19)22-23-17(24)28-10-13(25)21-16-20-7-9-27-16/h2-7,9,15H,1,8,10H2,(H,20,21,25). The number of nitrogens with zero attached hydrogens (tertiary/aromatic N) is 4. The topological polar surface area (TPSA) is 81.9 Å². The molecule has 0 radical (unpaired) electrons. The largest absolute Gasteiger partial charge is 0.435 e. The maximum Gasteiger partial charge on any atom is 0.387 e. The monoisotopic (exact) mass is 423 g/mol. The van der Waals surface area contributed by atoms with Gasteiger partial charge in [-0.3, -0.25) is 9.36 Å². The van der Waals surface area contributed by atoms with Crippen molar-refractivity contribution in [1.82, 2.24) is 19.7 Å². The SMILES string of the molecule is C=CCn1c(SCC(=O)Nc2nccs2)nnc1-c1ccc(OC(F)F)cc1. The van der Waals surface area contributed by atoms with Crippen molar-refractivity contribution >= 4 is 34.1 Å². The first-order valence-corrected chi connectivity index (χ1v) is 9.85. The van der Waals surface area contributed by atoms with E-state index in [0.29, 0.717) is 28.2 Å². The Morgan fingerprint density at radius 1 is 1.36 bits per heavy atom. The summed E-state index contributed by atoms with van der Waals surface area (Å²) in [7, 11) is 0. The molecule has 28 heavy (non-hydrogen) atoms. The lowest BCUT2D eigenvalue weighted by molar-refractivity contribution is -0.113. The molecular formula is C17H15F2N5O2S2. The van der Waals surface area contributed by atoms with Gasteiger partial charge in [0.15, 0.2) is 16.1 Å². The van der Waals surface area contributed by atoms with Crippen LogP contribution in [0.2, 0.25) is 0 Å². The third-order valence-electron chi connectivity index (χ3n) is 3.38. The van der Waals surface area contributed by atoms with Crippen LogP contribution in [0.25, 0.3) is 11.4 Å². The molecule has 1 N–H and O–H groups in total. The second kappa shape index (κ2) is 9.42. The summed E-state index contributed by atoms with van der Waals surface area (Å²) in [5, 5.41) is 13.8. The number of hydrogen-bond donors (Lipinski definition) is 1. The third-order valence-corrected chi connectivity index (χ3v) is 5.03. The van der Waals surface area contributed by atoms with Gasteiger partial charge in [0, 0.05) is 23.7 Å². The molecular weight excluding hydrogens is 408 g/mol. The van der Waals surface area contributed by atoms with Crippen LogP contribution < -0.4 is 10.1 Å². The van der Waals surface area contributed by atoms with Gasteiger partial charge in [0.25, 0.3) is 0 Å². The number of halogens is 2. The fourth-order valence-electron chi connectivity index (χ4n) is 2.26. The number of rotatable bonds is 9. The molecule has 2 heterocycles. The molecule has 0 fully saturated rings. The Morgan fingerprint density at radius 3 is 2.79 bits per heavy atom. The van der Waals surface area contributed by atoms with Gasteiger partial charge < -0.3 is 10.1 Å². The summed E-state index contributed by atoms with van der Waals surface area (Å²) in [6, 6.07) is 6.10. The summed E-state index contributed by atoms with van der Waals surface area (Å²) in [6.45, 7) is 1.27. The molecule has 3 aromatic rings. The van der Waals surface area contributed by atoms with Crippen molar-refractivity contribution in [2.24, 2.45) is 0 Å². The molecule has 0 aliphatic carbocycles. The molecule has 1 amide bonds. The summed E-state index contributed by atoms with van der Waals surface area (Å²) in [5.74, 6) is 0.521. The molecule has 0 bridgehead atoms. The van der Waals surface area contributed by atoms with Crippen molar-refractivity contribution in [3.8, 4) is 17.1 Å². The lowest BCUT2D eigenvalue weighted by Gasteiger charge is -2.09. The maximum absolute atomic E-state index is 12.3. The predicted molar refractivity (Wildman–Crippen MR) is 104 cm³/mol. The van der Waals surface area contributed by atoms with Crippen LogP contribution in [0.5, 0.6) is 5.75 Å². The average Bonchev–Trinajstić information content (AvgIpc) is 3.31. The Morgan fingerprint density at radius 2 is 2.14 bits per heavy atom. The van der Waals surface area contributed by atoms with Crippen LogP contribution in [0, 0.1) is 0 Å². The van der Waals surface area contributed by atoms with E-state index in [4.69, 9.17) is 0 Å². The molecule has 3 rings (SSSR count). The van der Waals surface area contributed by atoms with Gasteiger partial charge in [0.1, 0.15) is 5.75 Å². The van der Waals surface area contributed by atoms with Gasteiger partial charge in [-0.25, -0.2) is 4.98 Å². The second-order valence-electron chi connectivity index (χ2n) is 5.28. The van der Waals surface area contributed by atoms with Crippen LogP contribution in [0.15, 0.2) is 53.7 Å². The molecule has 7 nitrogen and oxygen atoms in total. The number of benzene rings is 1. The van der Waals surface area contributed by atoms with Gasteiger partial charge in [-0.05, 0) is 24.3 Å². The number of aromatic nitrogens is 4. The molecule has 0 unspecified atom stereocenters. The zero-order valence-electron chi connectivity index (χ0n) is 14.4. The Labute approximate surface area is 167 Å². The lowest BCUT2D eigenvalue weighted by Crippen LogP contribution is -2.14. The van der Waals surface area contributed by atoms with E-state index in [1.807, 2.05) is 0 Å². The highest BCUT2D eigenvalue weighted by Gasteiger charge is 2.16. The van der Waals surface area contributed by atoms with E-state index < -0.39 is 6.61 Å². The molecule has 0 aliphatic rings. The number of amides is 1. The molecule has 146 valence electrons. The molecule has 1 aromatic carbocycles. The number of carbonyl (C=O) groups is 1. The van der Waals surface area contributed by atoms with E-state index in [0.717, 1.165) is 0 Å². The zero-order valence-corrected chi connectivity index (χ0v) is 16.1. The molecule has 11 heteroatoms. The van der Waals surface area contributed by atoms with Crippen molar-refractivity contribution in [1.29, 1.82) is 0 Å². The minimum atomic E-state index is -2.88. The van der Waals surface area contributed by atoms with Crippen molar-refractivity contribution in [3.63, 3.8) is 0 Å². The minimum Gasteiger partial charge on any atom is -0.435 e. The Kier molecular flexibility index (Phi) is 6.71. The van der Waals surface area contributed by atoms with Crippen LogP contribution in [-0.2, 0) is 11.3 Å². The fraction of sp³-hybridized carbons (Fsp3) is 0.176. The van der Waals surface area contributed by atoms with Crippen LogP contribution in [0.1, 0.15) is 0 Å². The highest BCUT2D eigenvalue weighted by atomic mass is 32.2. The number of ether oxygens (including phenoxy) is 1. The normalized spacial score (nSPS) is 10.8. The van der Waals surface area contributed by atoms with Gasteiger partial charge in [0.2, 0.25) is 5.91 Å². The van der Waals surface area contributed by atoms with E-state index in [1.165, 1.54) is 35.2 Å². The molecule has 0 saturated heterocycles. The number of allylic oxidation sites excluding steroid dienone is 1.